The molecule has 0 bridgehead atoms. The molecule has 0 saturated heterocycles. The minimum absolute atomic E-state index is 0.298. The summed E-state index contributed by atoms with van der Waals surface area (Å²) in [5, 5.41) is 3.26. The number of nitrogens with one attached hydrogen (secondary N) is 1. The van der Waals surface area contributed by atoms with Crippen LogP contribution in [0.15, 0.2) is 78.5 Å². The van der Waals surface area contributed by atoms with Crippen LogP contribution in [0.3, 0.4) is 0 Å². The first-order valence-electron chi connectivity index (χ1n) is 11.3. The molecule has 5 nitrogen and oxygen atoms in total. The molecule has 1 N–H and O–H groups in total. The van der Waals surface area contributed by atoms with Crippen LogP contribution < -0.4 is 15.1 Å². The largest absolute Gasteiger partial charge is 0.372 e. The van der Waals surface area contributed by atoms with Gasteiger partial charge in [0.15, 0.2) is 0 Å². The van der Waals surface area contributed by atoms with Crippen LogP contribution in [-0.2, 0) is 9.59 Å². The van der Waals surface area contributed by atoms with E-state index >= 15 is 0 Å². The summed E-state index contributed by atoms with van der Waals surface area (Å²) in [7, 11) is 0. The van der Waals surface area contributed by atoms with Crippen LogP contribution in [0.4, 0.5) is 17.1 Å². The molecule has 1 aliphatic heterocycles. The number of imide groups is 1. The van der Waals surface area contributed by atoms with Gasteiger partial charge in [-0.05, 0) is 75.2 Å². The molecule has 2 amide bonds. The van der Waals surface area contributed by atoms with Gasteiger partial charge >= 0.3 is 0 Å². The minimum Gasteiger partial charge on any atom is -0.372 e. The zero-order chi connectivity index (χ0) is 23.5. The Hall–Kier alpha value is -3.86. The molecule has 5 heteroatoms. The van der Waals surface area contributed by atoms with Gasteiger partial charge in [0.2, 0.25) is 0 Å². The van der Waals surface area contributed by atoms with Crippen molar-refractivity contribution in [3.63, 3.8) is 0 Å². The Kier molecular flexibility index (Phi) is 6.31. The Labute approximate surface area is 195 Å². The molecule has 0 fully saturated rings. The molecule has 0 unspecified atom stereocenters. The van der Waals surface area contributed by atoms with Gasteiger partial charge < -0.3 is 10.2 Å². The number of para-hydroxylation sites is 1. The van der Waals surface area contributed by atoms with Crippen molar-refractivity contribution in [2.45, 2.75) is 27.7 Å². The SMILES string of the molecule is CCN(CC)c1ccc(NC2=C(c3ccc(C)cc3C)C(=O)N(c3ccccc3)C2=O)cc1. The van der Waals surface area contributed by atoms with Crippen molar-refractivity contribution in [3.8, 4) is 0 Å². The van der Waals surface area contributed by atoms with Gasteiger partial charge in [-0.15, -0.1) is 0 Å². The van der Waals surface area contributed by atoms with E-state index in [4.69, 9.17) is 0 Å². The summed E-state index contributed by atoms with van der Waals surface area (Å²) in [6.45, 7) is 10.1. The van der Waals surface area contributed by atoms with Crippen LogP contribution >= 0.6 is 0 Å². The Balaban J connectivity index is 1.77. The van der Waals surface area contributed by atoms with Crippen molar-refractivity contribution < 1.29 is 9.59 Å². The second-order valence-corrected chi connectivity index (χ2v) is 8.19. The van der Waals surface area contributed by atoms with Gasteiger partial charge in [-0.2, -0.15) is 0 Å². The van der Waals surface area contributed by atoms with E-state index in [2.05, 4.69) is 24.1 Å². The summed E-state index contributed by atoms with van der Waals surface area (Å²) < 4.78 is 0. The lowest BCUT2D eigenvalue weighted by molar-refractivity contribution is -0.120. The van der Waals surface area contributed by atoms with E-state index in [-0.39, 0.29) is 11.8 Å². The Bertz CT molecular complexity index is 1210. The molecule has 1 heterocycles. The maximum atomic E-state index is 13.6. The number of aryl methyl sites for hydroxylation is 2. The summed E-state index contributed by atoms with van der Waals surface area (Å²) in [5.74, 6) is -0.672. The lowest BCUT2D eigenvalue weighted by Gasteiger charge is -2.21. The van der Waals surface area contributed by atoms with Crippen molar-refractivity contribution >= 4 is 34.4 Å². The second kappa shape index (κ2) is 9.33. The number of rotatable bonds is 7. The zero-order valence-electron chi connectivity index (χ0n) is 19.6. The average molecular weight is 440 g/mol. The number of nitrogens with zero attached hydrogens (tertiary/aromatic N) is 2. The Morgan fingerprint density at radius 2 is 1.48 bits per heavy atom. The summed E-state index contributed by atoms with van der Waals surface area (Å²) in [5.41, 5.74) is 5.96. The molecule has 0 radical (unpaired) electrons. The number of hydrogen-bond acceptors (Lipinski definition) is 4. The fourth-order valence-electron chi connectivity index (χ4n) is 4.29. The molecular weight excluding hydrogens is 410 g/mol. The van der Waals surface area contributed by atoms with Gasteiger partial charge in [-0.25, -0.2) is 4.90 Å². The van der Waals surface area contributed by atoms with Crippen LogP contribution in [0.5, 0.6) is 0 Å². The smallest absolute Gasteiger partial charge is 0.282 e. The summed E-state index contributed by atoms with van der Waals surface area (Å²) in [4.78, 5) is 30.6. The number of hydrogen-bond donors (Lipinski definition) is 1. The van der Waals surface area contributed by atoms with Crippen LogP contribution in [-0.4, -0.2) is 24.9 Å². The molecule has 3 aromatic rings. The Morgan fingerprint density at radius 1 is 0.818 bits per heavy atom. The third-order valence-electron chi connectivity index (χ3n) is 6.01. The van der Waals surface area contributed by atoms with Gasteiger partial charge in [0.1, 0.15) is 5.70 Å². The number of benzene rings is 3. The van der Waals surface area contributed by atoms with Crippen LogP contribution in [0.25, 0.3) is 5.57 Å². The van der Waals surface area contributed by atoms with Gasteiger partial charge in [-0.1, -0.05) is 42.0 Å². The lowest BCUT2D eigenvalue weighted by Crippen LogP contribution is -2.32. The fourth-order valence-corrected chi connectivity index (χ4v) is 4.29. The standard InChI is InChI=1S/C28H29N3O2/c1-5-30(6-2)22-15-13-21(14-16-22)29-26-25(24-17-12-19(3)18-20(24)4)27(32)31(28(26)33)23-10-8-7-9-11-23/h7-18,29H,5-6H2,1-4H3. The van der Waals surface area contributed by atoms with Crippen molar-refractivity contribution in [2.75, 3.05) is 28.2 Å². The molecule has 0 saturated carbocycles. The van der Waals surface area contributed by atoms with Crippen molar-refractivity contribution in [1.82, 2.24) is 0 Å². The first-order valence-corrected chi connectivity index (χ1v) is 11.3. The van der Waals surface area contributed by atoms with Gasteiger partial charge in [-0.3, -0.25) is 9.59 Å². The highest BCUT2D eigenvalue weighted by Gasteiger charge is 2.40. The summed E-state index contributed by atoms with van der Waals surface area (Å²) in [6, 6.07) is 22.9. The van der Waals surface area contributed by atoms with Gasteiger partial charge in [0.05, 0.1) is 11.3 Å². The topological polar surface area (TPSA) is 52.7 Å². The fraction of sp³-hybridized carbons (Fsp3) is 0.214. The van der Waals surface area contributed by atoms with Crippen molar-refractivity contribution in [2.24, 2.45) is 0 Å². The predicted octanol–water partition coefficient (Wildman–Crippen LogP) is 5.55. The summed E-state index contributed by atoms with van der Waals surface area (Å²) in [6.07, 6.45) is 0. The lowest BCUT2D eigenvalue weighted by atomic mass is 9.97. The third kappa shape index (κ3) is 4.27. The molecule has 0 atom stereocenters. The number of anilines is 3. The molecule has 0 aromatic heterocycles. The highest BCUT2D eigenvalue weighted by atomic mass is 16.2. The third-order valence-corrected chi connectivity index (χ3v) is 6.01. The zero-order valence-corrected chi connectivity index (χ0v) is 19.6. The molecular formula is C28H29N3O2. The highest BCUT2D eigenvalue weighted by molar-refractivity contribution is 6.46. The molecule has 33 heavy (non-hydrogen) atoms. The molecule has 1 aliphatic rings. The molecule has 0 aliphatic carbocycles. The molecule has 0 spiro atoms. The van der Waals surface area contributed by atoms with Gasteiger partial charge in [0, 0.05) is 24.5 Å². The van der Waals surface area contributed by atoms with Crippen LogP contribution in [0.2, 0.25) is 0 Å². The molecule has 168 valence electrons. The van der Waals surface area contributed by atoms with E-state index < -0.39 is 0 Å². The van der Waals surface area contributed by atoms with Crippen LogP contribution in [0, 0.1) is 13.8 Å². The van der Waals surface area contributed by atoms with Crippen molar-refractivity contribution in [1.29, 1.82) is 0 Å². The van der Waals surface area contributed by atoms with E-state index in [1.807, 2.05) is 74.5 Å². The highest BCUT2D eigenvalue weighted by Crippen LogP contribution is 2.35. The normalized spacial score (nSPS) is 13.6. The van der Waals surface area contributed by atoms with E-state index in [1.54, 1.807) is 12.1 Å². The van der Waals surface area contributed by atoms with Crippen molar-refractivity contribution in [3.05, 3.63) is 95.2 Å². The summed E-state index contributed by atoms with van der Waals surface area (Å²) >= 11 is 0. The second-order valence-electron chi connectivity index (χ2n) is 8.19. The maximum absolute atomic E-state index is 13.6. The number of carbonyl (C=O) groups is 2. The predicted molar refractivity (Wildman–Crippen MR) is 135 cm³/mol. The van der Waals surface area contributed by atoms with E-state index in [0.29, 0.717) is 17.0 Å². The quantitative estimate of drug-likeness (QED) is 0.491. The first-order chi connectivity index (χ1) is 15.9. The van der Waals surface area contributed by atoms with E-state index in [9.17, 15) is 9.59 Å². The first kappa shape index (κ1) is 22.3. The average Bonchev–Trinajstić information content (AvgIpc) is 3.05. The molecule has 4 rings (SSSR count). The minimum atomic E-state index is -0.353. The maximum Gasteiger partial charge on any atom is 0.282 e. The van der Waals surface area contributed by atoms with E-state index in [0.717, 1.165) is 41.2 Å². The van der Waals surface area contributed by atoms with Gasteiger partial charge in [0.25, 0.3) is 11.8 Å². The number of carbonyl (C=O) groups excluding carboxylic acids is 2. The monoisotopic (exact) mass is 439 g/mol. The van der Waals surface area contributed by atoms with E-state index in [1.165, 1.54) is 4.90 Å². The molecule has 3 aromatic carbocycles. The Morgan fingerprint density at radius 3 is 2.09 bits per heavy atom. The number of amides is 2. The van der Waals surface area contributed by atoms with Crippen LogP contribution in [0.1, 0.15) is 30.5 Å².